The van der Waals surface area contributed by atoms with Gasteiger partial charge in [0.2, 0.25) is 0 Å². The Bertz CT molecular complexity index is 954. The van der Waals surface area contributed by atoms with Crippen molar-refractivity contribution in [3.63, 3.8) is 0 Å². The van der Waals surface area contributed by atoms with E-state index < -0.39 is 34.5 Å². The number of hydrogen-bond donors (Lipinski definition) is 3. The van der Waals surface area contributed by atoms with Gasteiger partial charge in [0, 0.05) is 42.2 Å². The van der Waals surface area contributed by atoms with Crippen molar-refractivity contribution in [2.45, 2.75) is 55.4 Å². The molecule has 1 aromatic rings. The number of nitrogens with two attached hydrogens (primary N) is 1. The molecule has 1 aromatic carbocycles. The number of piperidine rings is 1. The number of methoxy groups -OCH3 is 1. The second kappa shape index (κ2) is 5.50. The highest BCUT2D eigenvalue weighted by atomic mass is 16.5. The molecule has 7 nitrogen and oxygen atoms in total. The summed E-state index contributed by atoms with van der Waals surface area (Å²) in [6.07, 6.45) is 1.43. The molecule has 1 amide bonds. The summed E-state index contributed by atoms with van der Waals surface area (Å²) in [6.45, 7) is 4.05. The number of likely N-dealkylation sites (N-methyl/N-ethyl adjacent to an activating group) is 1. The summed E-state index contributed by atoms with van der Waals surface area (Å²) in [5.74, 6) is 0.780. The molecule has 3 heterocycles. The highest BCUT2D eigenvalue weighted by molar-refractivity contribution is 5.89. The van der Waals surface area contributed by atoms with Crippen LogP contribution in [-0.2, 0) is 10.2 Å². The van der Waals surface area contributed by atoms with E-state index in [9.17, 15) is 15.0 Å². The lowest BCUT2D eigenvalue weighted by Crippen LogP contribution is -2.82. The maximum Gasteiger partial charge on any atom is 0.254 e. The Morgan fingerprint density at radius 1 is 1.37 bits per heavy atom. The summed E-state index contributed by atoms with van der Waals surface area (Å²) in [4.78, 5) is 17.4. The van der Waals surface area contributed by atoms with Gasteiger partial charge in [0.05, 0.1) is 13.2 Å². The fourth-order valence-corrected chi connectivity index (χ4v) is 8.59. The second-order valence-electron chi connectivity index (χ2n) is 10.2. The minimum Gasteiger partial charge on any atom is -0.497 e. The third-order valence-electron chi connectivity index (χ3n) is 9.57. The summed E-state index contributed by atoms with van der Waals surface area (Å²) < 4.78 is 5.47. The quantitative estimate of drug-likeness (QED) is 0.666. The molecule has 30 heavy (non-hydrogen) atoms. The average Bonchev–Trinajstić information content (AvgIpc) is 3.37. The molecule has 5 aliphatic rings. The number of anilines is 1. The van der Waals surface area contributed by atoms with E-state index in [0.29, 0.717) is 11.8 Å². The average molecular weight is 414 g/mol. The monoisotopic (exact) mass is 413 g/mol. The van der Waals surface area contributed by atoms with Crippen LogP contribution in [0.2, 0.25) is 0 Å². The summed E-state index contributed by atoms with van der Waals surface area (Å²) in [6, 6.07) is 5.53. The third-order valence-corrected chi connectivity index (χ3v) is 9.57. The number of aliphatic hydroxyl groups is 2. The van der Waals surface area contributed by atoms with Crippen LogP contribution in [0.1, 0.15) is 31.7 Å². The van der Waals surface area contributed by atoms with Crippen LogP contribution in [0.15, 0.2) is 18.2 Å². The second-order valence-corrected chi connectivity index (χ2v) is 10.2. The van der Waals surface area contributed by atoms with Gasteiger partial charge < -0.3 is 25.6 Å². The Balaban J connectivity index is 1.68. The predicted octanol–water partition coefficient (Wildman–Crippen LogP) is 0.463. The fraction of sp³-hybridized carbons (Fsp3) is 0.696. The van der Waals surface area contributed by atoms with Crippen LogP contribution in [0.5, 0.6) is 5.75 Å². The number of nitrogens with zero attached hydrogens (tertiary/aromatic N) is 2. The maximum atomic E-state index is 12.9. The van der Waals surface area contributed by atoms with Gasteiger partial charge in [-0.3, -0.25) is 9.69 Å². The first kappa shape index (κ1) is 18.9. The molecule has 2 saturated heterocycles. The Kier molecular flexibility index (Phi) is 3.46. The van der Waals surface area contributed by atoms with E-state index in [1.165, 1.54) is 0 Å². The third kappa shape index (κ3) is 1.72. The molecule has 1 spiro atoms. The van der Waals surface area contributed by atoms with Gasteiger partial charge in [0.25, 0.3) is 5.91 Å². The molecule has 1 unspecified atom stereocenters. The van der Waals surface area contributed by atoms with E-state index in [1.54, 1.807) is 7.11 Å². The molecule has 162 valence electrons. The lowest BCUT2D eigenvalue weighted by atomic mass is 9.46. The van der Waals surface area contributed by atoms with E-state index in [1.807, 2.05) is 24.1 Å². The smallest absolute Gasteiger partial charge is 0.254 e. The van der Waals surface area contributed by atoms with Crippen molar-refractivity contribution >= 4 is 11.6 Å². The Morgan fingerprint density at radius 2 is 2.13 bits per heavy atom. The molecular weight excluding hydrogens is 382 g/mol. The van der Waals surface area contributed by atoms with Crippen LogP contribution < -0.4 is 15.4 Å². The number of hydrogen-bond acceptors (Lipinski definition) is 6. The van der Waals surface area contributed by atoms with Crippen molar-refractivity contribution in [1.82, 2.24) is 4.90 Å². The van der Waals surface area contributed by atoms with Gasteiger partial charge in [0.15, 0.2) is 5.60 Å². The number of carbonyl (C=O) groups is 1. The molecule has 8 atom stereocenters. The molecule has 4 fully saturated rings. The zero-order chi connectivity index (χ0) is 21.2. The first-order valence-electron chi connectivity index (χ1n) is 11.1. The number of primary amides is 1. The molecule has 0 bridgehead atoms. The summed E-state index contributed by atoms with van der Waals surface area (Å²) in [5.41, 5.74) is 5.00. The number of carbonyl (C=O) groups excluding carboxylic acids is 1. The molecule has 4 N–H and O–H groups in total. The first-order chi connectivity index (χ1) is 14.3. The number of amides is 1. The summed E-state index contributed by atoms with van der Waals surface area (Å²) >= 11 is 0. The van der Waals surface area contributed by atoms with Gasteiger partial charge in [0.1, 0.15) is 11.9 Å². The van der Waals surface area contributed by atoms with E-state index in [4.69, 9.17) is 10.5 Å². The van der Waals surface area contributed by atoms with Crippen LogP contribution in [0.3, 0.4) is 0 Å². The fourth-order valence-electron chi connectivity index (χ4n) is 8.59. The molecule has 3 aliphatic heterocycles. The molecule has 6 rings (SSSR count). The Morgan fingerprint density at radius 3 is 2.80 bits per heavy atom. The number of ether oxygens (including phenoxy) is 1. The van der Waals surface area contributed by atoms with Crippen molar-refractivity contribution in [1.29, 1.82) is 0 Å². The predicted molar refractivity (Wildman–Crippen MR) is 111 cm³/mol. The first-order valence-corrected chi connectivity index (χ1v) is 11.1. The Labute approximate surface area is 176 Å². The Hall–Kier alpha value is -1.83. The van der Waals surface area contributed by atoms with Gasteiger partial charge in [-0.25, -0.2) is 0 Å². The van der Waals surface area contributed by atoms with Crippen molar-refractivity contribution in [2.24, 2.45) is 23.0 Å². The van der Waals surface area contributed by atoms with Crippen LogP contribution in [0.4, 0.5) is 5.69 Å². The van der Waals surface area contributed by atoms with Crippen LogP contribution >= 0.6 is 0 Å². The zero-order valence-corrected chi connectivity index (χ0v) is 17.8. The van der Waals surface area contributed by atoms with Crippen LogP contribution in [-0.4, -0.2) is 72.1 Å². The highest BCUT2D eigenvalue weighted by Crippen LogP contribution is 2.73. The normalized spacial score (nSPS) is 47.9. The van der Waals surface area contributed by atoms with Gasteiger partial charge in [-0.15, -0.1) is 0 Å². The molecule has 2 aliphatic carbocycles. The number of rotatable bonds is 3. The number of aliphatic hydroxyl groups excluding tert-OH is 1. The van der Waals surface area contributed by atoms with Gasteiger partial charge in [-0.2, -0.15) is 0 Å². The van der Waals surface area contributed by atoms with Crippen molar-refractivity contribution in [3.8, 4) is 5.75 Å². The van der Waals surface area contributed by atoms with Gasteiger partial charge in [-0.1, -0.05) is 13.0 Å². The zero-order valence-electron chi connectivity index (χ0n) is 17.8. The topological polar surface area (TPSA) is 99.3 Å². The largest absolute Gasteiger partial charge is 0.497 e. The summed E-state index contributed by atoms with van der Waals surface area (Å²) in [5, 5.41) is 23.8. The summed E-state index contributed by atoms with van der Waals surface area (Å²) in [7, 11) is 3.54. The van der Waals surface area contributed by atoms with E-state index in [2.05, 4.69) is 17.9 Å². The maximum absolute atomic E-state index is 12.9. The highest BCUT2D eigenvalue weighted by Gasteiger charge is 2.82. The van der Waals surface area contributed by atoms with E-state index >= 15 is 0 Å². The standard InChI is InChI=1S/C23H31N3O4/c1-4-21-15-9-12(15)11-26-8-7-22(17(21)26)14-6-5-13(30-3)10-16(14)25(2)18(22)23(29,19(21)27)20(24)28/h5-6,10,12,15,17-19,27,29H,4,7-9,11H2,1-3H3,(H2,24,28)/t12-,15-,17+,18-,19-,21-,22-,23?/m1/s1. The number of fused-ring (bicyclic) bond motifs is 3. The number of benzene rings is 1. The lowest BCUT2D eigenvalue weighted by molar-refractivity contribution is -0.224. The molecule has 0 aromatic heterocycles. The van der Waals surface area contributed by atoms with Crippen LogP contribution in [0.25, 0.3) is 0 Å². The minimum absolute atomic E-state index is 0.0791. The molecule has 2 saturated carbocycles. The molecule has 7 heteroatoms. The van der Waals surface area contributed by atoms with Crippen LogP contribution in [0, 0.1) is 17.3 Å². The molecule has 0 radical (unpaired) electrons. The lowest BCUT2D eigenvalue weighted by Gasteiger charge is -2.64. The van der Waals surface area contributed by atoms with Gasteiger partial charge >= 0.3 is 0 Å². The molecular formula is C23H31N3O4. The van der Waals surface area contributed by atoms with Gasteiger partial charge in [-0.05, 0) is 49.3 Å². The SMILES string of the molecule is CC[C@]12[C@@H]3C[C@@H]3CN3CC[C@@]4(c5ccc(OC)cc5N(C)[C@H]4C(O)(C(N)=O)[C@@H]1O)[C@@H]32. The van der Waals surface area contributed by atoms with Crippen molar-refractivity contribution < 1.29 is 19.7 Å². The van der Waals surface area contributed by atoms with Crippen molar-refractivity contribution in [2.75, 3.05) is 32.1 Å². The van der Waals surface area contributed by atoms with Crippen molar-refractivity contribution in [3.05, 3.63) is 23.8 Å². The van der Waals surface area contributed by atoms with E-state index in [-0.39, 0.29) is 6.04 Å². The minimum atomic E-state index is -2.02. The van der Waals surface area contributed by atoms with E-state index in [0.717, 1.165) is 49.4 Å².